The number of hydrogen-bond donors (Lipinski definition) is 0. The highest BCUT2D eigenvalue weighted by Crippen LogP contribution is 2.45. The first kappa shape index (κ1) is 44.2. The fourth-order valence-corrected chi connectivity index (χ4v) is 23.5. The van der Waals surface area contributed by atoms with Crippen molar-refractivity contribution >= 4 is 101 Å². The maximum Gasteiger partial charge on any atom is 0.180 e. The van der Waals surface area contributed by atoms with Crippen LogP contribution in [0.5, 0.6) is 0 Å². The van der Waals surface area contributed by atoms with Crippen molar-refractivity contribution in [1.82, 2.24) is 9.13 Å². The normalized spacial score (nSPS) is 12.8. The van der Waals surface area contributed by atoms with E-state index in [1.165, 1.54) is 107 Å². The molecule has 15 rings (SSSR count). The Morgan fingerprint density at radius 1 is 0.276 bits per heavy atom. The summed E-state index contributed by atoms with van der Waals surface area (Å²) in [5.41, 5.74) is 12.2. The summed E-state index contributed by atoms with van der Waals surface area (Å²) in [6, 6.07) is 114. The standard InChI is InChI=1S/C72H50N2Si2/c1-6-25-52(26-7-1)75(53-27-8-2-9-28-53,54-29-10-3-11-30-54)57-49-47-51(48-50-57)73-65-42-20-17-36-62(65)71-66(73)43-24-44-67(71)74-64-41-19-16-35-58(64)60-39-22-40-61(72(60)74)59-38-23-46-69-70(59)63-37-18-21-45-68(63)76(69,55-31-12-4-13-32-55)56-33-14-5-15-34-56/h1-50H. The average Bonchev–Trinajstić information content (AvgIpc) is 4.18. The molecule has 0 saturated carbocycles. The topological polar surface area (TPSA) is 9.86 Å². The number of nitrogens with zero attached hydrogens (tertiary/aromatic N) is 2. The van der Waals surface area contributed by atoms with Crippen LogP contribution in [0.2, 0.25) is 0 Å². The third-order valence-electron chi connectivity index (χ3n) is 16.6. The molecule has 0 fully saturated rings. The van der Waals surface area contributed by atoms with Crippen molar-refractivity contribution in [3.05, 3.63) is 303 Å². The summed E-state index contributed by atoms with van der Waals surface area (Å²) >= 11 is 0. The van der Waals surface area contributed by atoms with E-state index in [-0.39, 0.29) is 0 Å². The molecular weight excluding hydrogens is 949 g/mol. The Balaban J connectivity index is 0.970. The Hall–Kier alpha value is -9.33. The number of benzene rings is 12. The van der Waals surface area contributed by atoms with E-state index in [1.54, 1.807) is 0 Å². The SMILES string of the molecule is c1ccc([Si](c2ccccc2)(c2ccccc2)c2ccc(-n3c4ccccc4c4c(-n5c6ccccc6c6cccc(-c7cccc8c7-c7ccccc7[Si]8(c7ccccc7)c7ccccc7)c65)cccc43)cc2)cc1. The molecule has 14 aromatic rings. The fraction of sp³-hybridized carbons (Fsp3) is 0. The molecule has 1 aliphatic rings. The first-order valence-electron chi connectivity index (χ1n) is 26.4. The van der Waals surface area contributed by atoms with Crippen molar-refractivity contribution < 1.29 is 0 Å². The molecule has 0 saturated heterocycles. The van der Waals surface area contributed by atoms with Crippen LogP contribution in [0.15, 0.2) is 303 Å². The van der Waals surface area contributed by atoms with Gasteiger partial charge in [-0.1, -0.05) is 267 Å². The lowest BCUT2D eigenvalue weighted by Gasteiger charge is -2.34. The zero-order valence-electron chi connectivity index (χ0n) is 41.8. The van der Waals surface area contributed by atoms with Gasteiger partial charge in [0, 0.05) is 32.8 Å². The molecule has 0 unspecified atom stereocenters. The van der Waals surface area contributed by atoms with E-state index < -0.39 is 16.1 Å². The van der Waals surface area contributed by atoms with E-state index >= 15 is 0 Å². The minimum Gasteiger partial charge on any atom is -0.309 e. The summed E-state index contributed by atoms with van der Waals surface area (Å²) < 4.78 is 5.07. The monoisotopic (exact) mass is 998 g/mol. The van der Waals surface area contributed by atoms with Gasteiger partial charge in [0.1, 0.15) is 0 Å². The summed E-state index contributed by atoms with van der Waals surface area (Å²) in [6.45, 7) is 0. The third-order valence-corrected chi connectivity index (χ3v) is 26.2. The van der Waals surface area contributed by atoms with Gasteiger partial charge in [-0.05, 0) is 94.6 Å². The summed E-state index contributed by atoms with van der Waals surface area (Å²) in [4.78, 5) is 0. The van der Waals surface area contributed by atoms with Crippen molar-refractivity contribution in [3.8, 4) is 33.6 Å². The van der Waals surface area contributed by atoms with Gasteiger partial charge in [0.05, 0.1) is 27.8 Å². The fourth-order valence-electron chi connectivity index (χ4n) is 13.6. The second kappa shape index (κ2) is 17.7. The molecule has 0 amide bonds. The van der Waals surface area contributed by atoms with Crippen LogP contribution in [0.1, 0.15) is 0 Å². The summed E-state index contributed by atoms with van der Waals surface area (Å²) in [6.07, 6.45) is 0. The summed E-state index contributed by atoms with van der Waals surface area (Å²) in [5.74, 6) is 0. The van der Waals surface area contributed by atoms with Gasteiger partial charge < -0.3 is 9.13 Å². The lowest BCUT2D eigenvalue weighted by Crippen LogP contribution is -2.74. The Bertz CT molecular complexity index is 4350. The minimum atomic E-state index is -2.74. The maximum atomic E-state index is 2.58. The van der Waals surface area contributed by atoms with E-state index in [1.807, 2.05) is 0 Å². The predicted molar refractivity (Wildman–Crippen MR) is 327 cm³/mol. The molecular formula is C72H50N2Si2. The molecule has 0 N–H and O–H groups in total. The highest BCUT2D eigenvalue weighted by Gasteiger charge is 2.49. The van der Waals surface area contributed by atoms with Crippen LogP contribution in [0, 0.1) is 0 Å². The summed E-state index contributed by atoms with van der Waals surface area (Å²) in [5, 5.41) is 16.1. The third kappa shape index (κ3) is 6.32. The Labute approximate surface area is 444 Å². The molecule has 2 nitrogen and oxygen atoms in total. The number of para-hydroxylation sites is 3. The predicted octanol–water partition coefficient (Wildman–Crippen LogP) is 12.3. The zero-order valence-corrected chi connectivity index (χ0v) is 43.8. The number of hydrogen-bond acceptors (Lipinski definition) is 0. The van der Waals surface area contributed by atoms with Gasteiger partial charge in [-0.3, -0.25) is 0 Å². The van der Waals surface area contributed by atoms with Crippen molar-refractivity contribution in [1.29, 1.82) is 0 Å². The lowest BCUT2D eigenvalue weighted by atomic mass is 9.93. The van der Waals surface area contributed by atoms with Crippen LogP contribution >= 0.6 is 0 Å². The molecule has 1 aliphatic heterocycles. The quantitative estimate of drug-likeness (QED) is 0.101. The molecule has 0 radical (unpaired) electrons. The summed E-state index contributed by atoms with van der Waals surface area (Å²) in [7, 11) is -5.46. The molecule has 2 aromatic heterocycles. The molecule has 0 aliphatic carbocycles. The van der Waals surface area contributed by atoms with Crippen LogP contribution in [0.4, 0.5) is 0 Å². The van der Waals surface area contributed by atoms with Crippen molar-refractivity contribution in [2.75, 3.05) is 0 Å². The van der Waals surface area contributed by atoms with E-state index in [0.29, 0.717) is 0 Å². The Morgan fingerprint density at radius 2 is 0.711 bits per heavy atom. The van der Waals surface area contributed by atoms with Gasteiger partial charge in [0.2, 0.25) is 0 Å². The van der Waals surface area contributed by atoms with Gasteiger partial charge in [-0.15, -0.1) is 0 Å². The number of aromatic nitrogens is 2. The Kier molecular flexibility index (Phi) is 10.3. The van der Waals surface area contributed by atoms with Gasteiger partial charge in [-0.2, -0.15) is 0 Å². The van der Waals surface area contributed by atoms with Crippen LogP contribution in [-0.4, -0.2) is 25.3 Å². The van der Waals surface area contributed by atoms with Gasteiger partial charge in [0.25, 0.3) is 0 Å². The second-order valence-corrected chi connectivity index (χ2v) is 27.8. The average molecular weight is 999 g/mol. The maximum absolute atomic E-state index is 2.74. The van der Waals surface area contributed by atoms with Crippen molar-refractivity contribution in [2.45, 2.75) is 0 Å². The van der Waals surface area contributed by atoms with Crippen molar-refractivity contribution in [3.63, 3.8) is 0 Å². The minimum absolute atomic E-state index is 1.13. The van der Waals surface area contributed by atoms with Gasteiger partial charge in [0.15, 0.2) is 16.1 Å². The number of rotatable bonds is 9. The molecule has 356 valence electrons. The molecule has 3 heterocycles. The number of fused-ring (bicyclic) bond motifs is 9. The molecule has 4 heteroatoms. The highest BCUT2D eigenvalue weighted by atomic mass is 28.3. The van der Waals surface area contributed by atoms with Crippen LogP contribution in [0.3, 0.4) is 0 Å². The molecule has 12 aromatic carbocycles. The van der Waals surface area contributed by atoms with Crippen molar-refractivity contribution in [2.24, 2.45) is 0 Å². The molecule has 0 spiro atoms. The highest BCUT2D eigenvalue weighted by molar-refractivity contribution is 7.22. The first-order valence-corrected chi connectivity index (χ1v) is 30.4. The van der Waals surface area contributed by atoms with Crippen LogP contribution < -0.4 is 41.5 Å². The van der Waals surface area contributed by atoms with E-state index in [9.17, 15) is 0 Å². The van der Waals surface area contributed by atoms with Gasteiger partial charge in [-0.25, -0.2) is 0 Å². The van der Waals surface area contributed by atoms with E-state index in [0.717, 1.165) is 11.4 Å². The zero-order chi connectivity index (χ0) is 50.2. The molecule has 0 atom stereocenters. The largest absolute Gasteiger partial charge is 0.309 e. The second-order valence-electron chi connectivity index (χ2n) is 20.2. The van der Waals surface area contributed by atoms with Gasteiger partial charge >= 0.3 is 0 Å². The molecule has 0 bridgehead atoms. The molecule has 76 heavy (non-hydrogen) atoms. The Morgan fingerprint density at radius 3 is 1.34 bits per heavy atom. The lowest BCUT2D eigenvalue weighted by molar-refractivity contribution is 1.17. The van der Waals surface area contributed by atoms with Crippen LogP contribution in [0.25, 0.3) is 77.2 Å². The van der Waals surface area contributed by atoms with E-state index in [2.05, 4.69) is 312 Å². The first-order chi connectivity index (χ1) is 37.8. The smallest absolute Gasteiger partial charge is 0.180 e. The van der Waals surface area contributed by atoms with E-state index in [4.69, 9.17) is 0 Å². The van der Waals surface area contributed by atoms with Crippen LogP contribution in [-0.2, 0) is 0 Å².